The minimum Gasteiger partial charge on any atom is -0.338 e. The molecule has 0 atom stereocenters. The van der Waals surface area contributed by atoms with Gasteiger partial charge in [0.15, 0.2) is 0 Å². The first-order chi connectivity index (χ1) is 9.23. The van der Waals surface area contributed by atoms with Crippen molar-refractivity contribution in [1.82, 2.24) is 10.1 Å². The molecule has 100 valence electrons. The Kier molecular flexibility index (Phi) is 3.29. The van der Waals surface area contributed by atoms with Crippen LogP contribution in [0.25, 0.3) is 11.4 Å². The largest absolute Gasteiger partial charge is 0.338 e. The van der Waals surface area contributed by atoms with Crippen LogP contribution in [0, 0.1) is 0 Å². The second kappa shape index (κ2) is 4.94. The predicted molar refractivity (Wildman–Crippen MR) is 73.9 cm³/mol. The highest BCUT2D eigenvalue weighted by molar-refractivity contribution is 6.30. The van der Waals surface area contributed by atoms with Crippen molar-refractivity contribution < 1.29 is 4.52 Å². The van der Waals surface area contributed by atoms with Gasteiger partial charge in [0.05, 0.1) is 5.41 Å². The van der Waals surface area contributed by atoms with Crippen LogP contribution in [0.15, 0.2) is 28.8 Å². The van der Waals surface area contributed by atoms with Crippen LogP contribution in [0.1, 0.15) is 31.6 Å². The van der Waals surface area contributed by atoms with Crippen LogP contribution in [-0.2, 0) is 5.41 Å². The molecule has 0 radical (unpaired) electrons. The third-order valence-corrected chi connectivity index (χ3v) is 4.15. The quantitative estimate of drug-likeness (QED) is 0.936. The molecule has 1 aliphatic carbocycles. The Labute approximate surface area is 117 Å². The summed E-state index contributed by atoms with van der Waals surface area (Å²) in [6.45, 7) is 0.560. The summed E-state index contributed by atoms with van der Waals surface area (Å²) >= 11 is 5.98. The highest BCUT2D eigenvalue weighted by Gasteiger charge is 2.39. The molecule has 0 saturated heterocycles. The average Bonchev–Trinajstić information content (AvgIpc) is 3.08. The maximum atomic E-state index is 5.98. The minimum atomic E-state index is -0.121. The number of hydrogen-bond donors (Lipinski definition) is 1. The van der Waals surface area contributed by atoms with Crippen LogP contribution < -0.4 is 5.73 Å². The van der Waals surface area contributed by atoms with E-state index in [2.05, 4.69) is 10.1 Å². The number of benzene rings is 1. The van der Waals surface area contributed by atoms with Crippen molar-refractivity contribution in [2.75, 3.05) is 6.54 Å². The smallest absolute Gasteiger partial charge is 0.234 e. The second-order valence-electron chi connectivity index (χ2n) is 5.13. The highest BCUT2D eigenvalue weighted by Crippen LogP contribution is 2.39. The number of hydrogen-bond acceptors (Lipinski definition) is 4. The van der Waals surface area contributed by atoms with Gasteiger partial charge in [0.2, 0.25) is 11.7 Å². The van der Waals surface area contributed by atoms with Crippen LogP contribution >= 0.6 is 11.6 Å². The maximum absolute atomic E-state index is 5.98. The molecule has 0 amide bonds. The number of nitrogens with two attached hydrogens (primary N) is 1. The fourth-order valence-corrected chi connectivity index (χ4v) is 2.93. The number of nitrogens with zero attached hydrogens (tertiary/aromatic N) is 2. The van der Waals surface area contributed by atoms with E-state index < -0.39 is 0 Å². The summed E-state index contributed by atoms with van der Waals surface area (Å²) in [5.74, 6) is 1.25. The van der Waals surface area contributed by atoms with Crippen molar-refractivity contribution in [3.8, 4) is 11.4 Å². The van der Waals surface area contributed by atoms with Gasteiger partial charge in [-0.25, -0.2) is 0 Å². The first-order valence-corrected chi connectivity index (χ1v) is 6.91. The third-order valence-electron chi connectivity index (χ3n) is 3.91. The van der Waals surface area contributed by atoms with E-state index in [-0.39, 0.29) is 5.41 Å². The van der Waals surface area contributed by atoms with Crippen molar-refractivity contribution in [2.24, 2.45) is 5.73 Å². The van der Waals surface area contributed by atoms with Crippen molar-refractivity contribution in [2.45, 2.75) is 31.1 Å². The normalized spacial score (nSPS) is 17.8. The van der Waals surface area contributed by atoms with Crippen LogP contribution in [-0.4, -0.2) is 16.7 Å². The molecule has 5 heteroatoms. The predicted octanol–water partition coefficient (Wildman–Crippen LogP) is 3.16. The molecule has 1 saturated carbocycles. The standard InChI is InChI=1S/C14H16ClN3O/c15-11-5-3-4-10(8-11)12-17-13(19-18-12)14(9-16)6-1-2-7-14/h3-5,8H,1-2,6-7,9,16H2. The van der Waals surface area contributed by atoms with Crippen molar-refractivity contribution in [3.05, 3.63) is 35.2 Å². The van der Waals surface area contributed by atoms with Crippen LogP contribution in [0.4, 0.5) is 0 Å². The monoisotopic (exact) mass is 277 g/mol. The van der Waals surface area contributed by atoms with Gasteiger partial charge in [0, 0.05) is 17.1 Å². The van der Waals surface area contributed by atoms with Crippen LogP contribution in [0.2, 0.25) is 5.02 Å². The molecular weight excluding hydrogens is 262 g/mol. The van der Waals surface area contributed by atoms with Gasteiger partial charge in [0.25, 0.3) is 0 Å². The Morgan fingerprint density at radius 2 is 2.11 bits per heavy atom. The topological polar surface area (TPSA) is 64.9 Å². The summed E-state index contributed by atoms with van der Waals surface area (Å²) in [5.41, 5.74) is 6.67. The molecule has 1 heterocycles. The van der Waals surface area contributed by atoms with E-state index in [1.165, 1.54) is 12.8 Å². The van der Waals surface area contributed by atoms with Gasteiger partial charge in [-0.2, -0.15) is 4.98 Å². The highest BCUT2D eigenvalue weighted by atomic mass is 35.5. The molecule has 1 aliphatic rings. The second-order valence-corrected chi connectivity index (χ2v) is 5.56. The number of rotatable bonds is 3. The molecule has 1 fully saturated rings. The molecular formula is C14H16ClN3O. The van der Waals surface area contributed by atoms with E-state index in [1.807, 2.05) is 24.3 Å². The molecule has 3 rings (SSSR count). The first-order valence-electron chi connectivity index (χ1n) is 6.54. The van der Waals surface area contributed by atoms with Gasteiger partial charge >= 0.3 is 0 Å². The van der Waals surface area contributed by atoms with E-state index in [0.717, 1.165) is 18.4 Å². The summed E-state index contributed by atoms with van der Waals surface area (Å²) < 4.78 is 5.45. The van der Waals surface area contributed by atoms with Crippen LogP contribution in [0.3, 0.4) is 0 Å². The van der Waals surface area contributed by atoms with E-state index >= 15 is 0 Å². The molecule has 2 N–H and O–H groups in total. The summed E-state index contributed by atoms with van der Waals surface area (Å²) in [6.07, 6.45) is 4.40. The molecule has 1 aromatic carbocycles. The summed E-state index contributed by atoms with van der Waals surface area (Å²) in [4.78, 5) is 4.53. The van der Waals surface area contributed by atoms with E-state index in [1.54, 1.807) is 0 Å². The Morgan fingerprint density at radius 1 is 1.32 bits per heavy atom. The summed E-state index contributed by atoms with van der Waals surface area (Å²) in [5, 5.41) is 4.73. The molecule has 0 bridgehead atoms. The summed E-state index contributed by atoms with van der Waals surface area (Å²) in [7, 11) is 0. The van der Waals surface area contributed by atoms with Gasteiger partial charge in [0.1, 0.15) is 0 Å². The fourth-order valence-electron chi connectivity index (χ4n) is 2.74. The number of halogens is 1. The maximum Gasteiger partial charge on any atom is 0.234 e. The third kappa shape index (κ3) is 2.26. The zero-order valence-electron chi connectivity index (χ0n) is 10.6. The van der Waals surface area contributed by atoms with E-state index in [4.69, 9.17) is 21.9 Å². The zero-order valence-corrected chi connectivity index (χ0v) is 11.4. The molecule has 1 aromatic heterocycles. The van der Waals surface area contributed by atoms with E-state index in [9.17, 15) is 0 Å². The minimum absolute atomic E-state index is 0.121. The Bertz CT molecular complexity index is 576. The van der Waals surface area contributed by atoms with Gasteiger partial charge in [-0.15, -0.1) is 0 Å². The van der Waals surface area contributed by atoms with Crippen molar-refractivity contribution in [3.63, 3.8) is 0 Å². The Balaban J connectivity index is 1.95. The lowest BCUT2D eigenvalue weighted by Crippen LogP contribution is -2.32. The molecule has 19 heavy (non-hydrogen) atoms. The molecule has 0 aliphatic heterocycles. The van der Waals surface area contributed by atoms with Crippen LogP contribution in [0.5, 0.6) is 0 Å². The number of aromatic nitrogens is 2. The lowest BCUT2D eigenvalue weighted by Gasteiger charge is -2.21. The lowest BCUT2D eigenvalue weighted by molar-refractivity contribution is 0.284. The molecule has 2 aromatic rings. The SMILES string of the molecule is NCC1(c2nc(-c3cccc(Cl)c3)no2)CCCC1. The van der Waals surface area contributed by atoms with Gasteiger partial charge in [-0.05, 0) is 25.0 Å². The van der Waals surface area contributed by atoms with Gasteiger partial charge < -0.3 is 10.3 Å². The Hall–Kier alpha value is -1.39. The van der Waals surface area contributed by atoms with Crippen molar-refractivity contribution in [1.29, 1.82) is 0 Å². The molecule has 4 nitrogen and oxygen atoms in total. The zero-order chi connectivity index (χ0) is 13.3. The Morgan fingerprint density at radius 3 is 2.79 bits per heavy atom. The fraction of sp³-hybridized carbons (Fsp3) is 0.429. The van der Waals surface area contributed by atoms with Gasteiger partial charge in [-0.1, -0.05) is 41.7 Å². The lowest BCUT2D eigenvalue weighted by atomic mass is 9.86. The molecule has 0 unspecified atom stereocenters. The first kappa shape index (κ1) is 12.6. The van der Waals surface area contributed by atoms with Gasteiger partial charge in [-0.3, -0.25) is 0 Å². The van der Waals surface area contributed by atoms with Crippen molar-refractivity contribution >= 4 is 11.6 Å². The average molecular weight is 278 g/mol. The van der Waals surface area contributed by atoms with E-state index in [0.29, 0.717) is 23.3 Å². The molecule has 0 spiro atoms. The summed E-state index contributed by atoms with van der Waals surface area (Å²) in [6, 6.07) is 7.45.